The summed E-state index contributed by atoms with van der Waals surface area (Å²) < 4.78 is 41.6. The molecular formula is C15H12F2N2O5. The van der Waals surface area contributed by atoms with Gasteiger partial charge in [0.15, 0.2) is 11.6 Å². The van der Waals surface area contributed by atoms with Gasteiger partial charge in [-0.15, -0.1) is 0 Å². The van der Waals surface area contributed by atoms with Crippen LogP contribution in [0.2, 0.25) is 0 Å². The van der Waals surface area contributed by atoms with Gasteiger partial charge in [0.2, 0.25) is 0 Å². The number of carbonyl (C=O) groups excluding carboxylic acids is 2. The van der Waals surface area contributed by atoms with Crippen molar-refractivity contribution in [3.05, 3.63) is 40.6 Å². The van der Waals surface area contributed by atoms with Crippen molar-refractivity contribution >= 4 is 17.6 Å². The molecule has 0 amide bonds. The molecule has 0 saturated heterocycles. The van der Waals surface area contributed by atoms with Crippen LogP contribution in [0.15, 0.2) is 23.4 Å². The molecule has 0 spiro atoms. The Morgan fingerprint density at radius 1 is 1.25 bits per heavy atom. The van der Waals surface area contributed by atoms with Gasteiger partial charge in [0.25, 0.3) is 0 Å². The van der Waals surface area contributed by atoms with E-state index in [1.807, 2.05) is 0 Å². The van der Waals surface area contributed by atoms with Crippen LogP contribution in [0.3, 0.4) is 0 Å². The van der Waals surface area contributed by atoms with Crippen LogP contribution in [0.25, 0.3) is 0 Å². The van der Waals surface area contributed by atoms with E-state index in [4.69, 9.17) is 10.00 Å². The van der Waals surface area contributed by atoms with E-state index < -0.39 is 29.1 Å². The first-order valence-corrected chi connectivity index (χ1v) is 6.59. The maximum absolute atomic E-state index is 13.9. The van der Waals surface area contributed by atoms with E-state index in [2.05, 4.69) is 9.47 Å². The van der Waals surface area contributed by atoms with Crippen molar-refractivity contribution in [2.45, 2.75) is 0 Å². The van der Waals surface area contributed by atoms with Gasteiger partial charge in [-0.1, -0.05) is 0 Å². The van der Waals surface area contributed by atoms with E-state index in [-0.39, 0.29) is 30.3 Å². The minimum absolute atomic E-state index is 0.141. The molecule has 0 fully saturated rings. The summed E-state index contributed by atoms with van der Waals surface area (Å²) >= 11 is 0. The number of hydrogen-bond donors (Lipinski definition) is 0. The molecule has 24 heavy (non-hydrogen) atoms. The first-order chi connectivity index (χ1) is 11.5. The first-order valence-electron chi connectivity index (χ1n) is 6.59. The van der Waals surface area contributed by atoms with Gasteiger partial charge in [0, 0.05) is 0 Å². The fourth-order valence-corrected chi connectivity index (χ4v) is 2.21. The average molecular weight is 338 g/mol. The Morgan fingerprint density at radius 2 is 1.92 bits per heavy atom. The zero-order chi connectivity index (χ0) is 17.9. The van der Waals surface area contributed by atoms with Crippen molar-refractivity contribution in [3.8, 4) is 6.07 Å². The number of rotatable bonds is 3. The van der Waals surface area contributed by atoms with E-state index in [0.717, 1.165) is 31.3 Å². The van der Waals surface area contributed by atoms with Crippen molar-refractivity contribution in [1.29, 1.82) is 5.26 Å². The lowest BCUT2D eigenvalue weighted by Gasteiger charge is -2.31. The molecule has 0 aliphatic carbocycles. The second-order valence-electron chi connectivity index (χ2n) is 4.58. The van der Waals surface area contributed by atoms with Crippen molar-refractivity contribution < 1.29 is 32.6 Å². The zero-order valence-electron chi connectivity index (χ0n) is 12.8. The average Bonchev–Trinajstić information content (AvgIpc) is 2.61. The molecule has 0 unspecified atom stereocenters. The number of nitrogens with zero attached hydrogens (tertiary/aromatic N) is 2. The molecule has 7 nitrogen and oxygen atoms in total. The predicted molar refractivity (Wildman–Crippen MR) is 75.4 cm³/mol. The van der Waals surface area contributed by atoms with Crippen LogP contribution >= 0.6 is 0 Å². The molecule has 126 valence electrons. The Morgan fingerprint density at radius 3 is 2.50 bits per heavy atom. The summed E-state index contributed by atoms with van der Waals surface area (Å²) in [5.41, 5.74) is -1.20. The fourth-order valence-electron chi connectivity index (χ4n) is 2.21. The maximum atomic E-state index is 13.9. The number of hydrogen-bond acceptors (Lipinski definition) is 7. The van der Waals surface area contributed by atoms with Crippen molar-refractivity contribution in [2.75, 3.05) is 32.5 Å². The van der Waals surface area contributed by atoms with E-state index in [1.165, 1.54) is 6.07 Å². The molecular weight excluding hydrogens is 326 g/mol. The number of anilines is 1. The molecule has 9 heteroatoms. The highest BCUT2D eigenvalue weighted by Gasteiger charge is 2.34. The molecule has 2 rings (SSSR count). The van der Waals surface area contributed by atoms with Crippen LogP contribution < -0.4 is 4.90 Å². The monoisotopic (exact) mass is 338 g/mol. The van der Waals surface area contributed by atoms with Crippen LogP contribution in [0, 0.1) is 23.0 Å². The summed E-state index contributed by atoms with van der Waals surface area (Å²) in [4.78, 5) is 25.0. The minimum Gasteiger partial charge on any atom is -0.466 e. The van der Waals surface area contributed by atoms with Crippen molar-refractivity contribution in [2.24, 2.45) is 0 Å². The smallest absolute Gasteiger partial charge is 0.355 e. The normalized spacial score (nSPS) is 14.2. The highest BCUT2D eigenvalue weighted by molar-refractivity contribution is 6.03. The van der Waals surface area contributed by atoms with Crippen LogP contribution in [0.1, 0.15) is 5.56 Å². The Labute approximate surface area is 135 Å². The van der Waals surface area contributed by atoms with E-state index in [9.17, 15) is 18.4 Å². The molecule has 0 atom stereocenters. The highest BCUT2D eigenvalue weighted by Crippen LogP contribution is 2.31. The lowest BCUT2D eigenvalue weighted by molar-refractivity contribution is -0.140. The molecule has 1 aliphatic heterocycles. The van der Waals surface area contributed by atoms with Gasteiger partial charge in [-0.2, -0.15) is 5.26 Å². The van der Waals surface area contributed by atoms with Crippen molar-refractivity contribution in [1.82, 2.24) is 0 Å². The summed E-state index contributed by atoms with van der Waals surface area (Å²) in [5, 5.41) is 9.11. The second-order valence-corrected chi connectivity index (χ2v) is 4.58. The lowest BCUT2D eigenvalue weighted by Crippen LogP contribution is -2.39. The molecule has 0 aromatic heterocycles. The Hall–Kier alpha value is -2.99. The van der Waals surface area contributed by atoms with Gasteiger partial charge in [0.1, 0.15) is 24.1 Å². The Kier molecular flexibility index (Phi) is 5.11. The van der Waals surface area contributed by atoms with Gasteiger partial charge in [0.05, 0.1) is 32.1 Å². The van der Waals surface area contributed by atoms with Gasteiger partial charge >= 0.3 is 11.9 Å². The van der Waals surface area contributed by atoms with E-state index in [1.54, 1.807) is 0 Å². The number of benzene rings is 1. The number of methoxy groups -OCH3 is 2. The number of ether oxygens (including phenoxy) is 3. The van der Waals surface area contributed by atoms with Crippen LogP contribution in [-0.4, -0.2) is 39.5 Å². The van der Waals surface area contributed by atoms with Gasteiger partial charge < -0.3 is 19.1 Å². The number of esters is 2. The summed E-state index contributed by atoms with van der Waals surface area (Å²) in [6, 6.07) is 3.43. The lowest BCUT2D eigenvalue weighted by atomic mass is 10.1. The first kappa shape index (κ1) is 17.4. The summed E-state index contributed by atoms with van der Waals surface area (Å²) in [6.07, 6.45) is 0. The van der Waals surface area contributed by atoms with Crippen LogP contribution in [-0.2, 0) is 23.8 Å². The van der Waals surface area contributed by atoms with Crippen LogP contribution in [0.5, 0.6) is 0 Å². The SMILES string of the molecule is COC(=O)C1=C(C(=O)OC)N(c2ccc(F)c(F)c2C#N)COC1. The van der Waals surface area contributed by atoms with Gasteiger partial charge in [-0.3, -0.25) is 0 Å². The summed E-state index contributed by atoms with van der Waals surface area (Å²) in [7, 11) is 2.20. The summed E-state index contributed by atoms with van der Waals surface area (Å²) in [6.45, 7) is -0.510. The van der Waals surface area contributed by atoms with E-state index in [0.29, 0.717) is 0 Å². The summed E-state index contributed by atoms with van der Waals surface area (Å²) in [5.74, 6) is -4.34. The van der Waals surface area contributed by atoms with Crippen LogP contribution in [0.4, 0.5) is 14.5 Å². The standard InChI is InChI=1S/C15H12F2N2O5/c1-22-14(20)9-6-24-7-19(13(9)15(21)23-2)11-4-3-10(16)12(17)8(11)5-18/h3-4H,6-7H2,1-2H3. The third-order valence-corrected chi connectivity index (χ3v) is 3.31. The van der Waals surface area contributed by atoms with Crippen molar-refractivity contribution in [3.63, 3.8) is 0 Å². The fraction of sp³-hybridized carbons (Fsp3) is 0.267. The molecule has 0 radical (unpaired) electrons. The minimum atomic E-state index is -1.37. The molecule has 1 aromatic rings. The molecule has 0 N–H and O–H groups in total. The Balaban J connectivity index is 2.69. The predicted octanol–water partition coefficient (Wildman–Crippen LogP) is 1.23. The zero-order valence-corrected chi connectivity index (χ0v) is 12.8. The molecule has 0 bridgehead atoms. The number of nitriles is 1. The van der Waals surface area contributed by atoms with Gasteiger partial charge in [-0.05, 0) is 12.1 Å². The molecule has 1 heterocycles. The van der Waals surface area contributed by atoms with E-state index >= 15 is 0 Å². The quantitative estimate of drug-likeness (QED) is 0.766. The largest absolute Gasteiger partial charge is 0.466 e. The molecule has 1 aliphatic rings. The maximum Gasteiger partial charge on any atom is 0.355 e. The Bertz CT molecular complexity index is 770. The second kappa shape index (κ2) is 7.06. The topological polar surface area (TPSA) is 88.9 Å². The number of halogens is 2. The molecule has 0 saturated carbocycles. The molecule has 1 aromatic carbocycles. The highest BCUT2D eigenvalue weighted by atomic mass is 19.2. The third-order valence-electron chi connectivity index (χ3n) is 3.31. The number of carbonyl (C=O) groups is 2. The third kappa shape index (κ3) is 2.91. The van der Waals surface area contributed by atoms with Gasteiger partial charge in [-0.25, -0.2) is 18.4 Å².